The summed E-state index contributed by atoms with van der Waals surface area (Å²) in [6.07, 6.45) is 5.79. The zero-order valence-electron chi connectivity index (χ0n) is 19.3. The van der Waals surface area contributed by atoms with Crippen LogP contribution in [0.2, 0.25) is 0 Å². The molecule has 0 radical (unpaired) electrons. The lowest BCUT2D eigenvalue weighted by Gasteiger charge is -2.36. The second kappa shape index (κ2) is 10.1. The highest BCUT2D eigenvalue weighted by Crippen LogP contribution is 2.24. The second-order valence-corrected chi connectivity index (χ2v) is 8.39. The van der Waals surface area contributed by atoms with Crippen molar-refractivity contribution in [3.05, 3.63) is 48.2 Å². The van der Waals surface area contributed by atoms with Gasteiger partial charge in [-0.3, -0.25) is 14.7 Å². The molecule has 0 aliphatic carbocycles. The molecule has 174 valence electrons. The number of amides is 1. The van der Waals surface area contributed by atoms with E-state index in [9.17, 15) is 4.79 Å². The number of rotatable bonds is 8. The summed E-state index contributed by atoms with van der Waals surface area (Å²) in [7, 11) is 0. The topological polar surface area (TPSA) is 115 Å². The normalized spacial score (nSPS) is 14.7. The molecule has 4 heterocycles. The minimum absolute atomic E-state index is 0.223. The average molecular weight is 451 g/mol. The Balaban J connectivity index is 1.43. The van der Waals surface area contributed by atoms with Crippen molar-refractivity contribution in [3.63, 3.8) is 0 Å². The van der Waals surface area contributed by atoms with Gasteiger partial charge in [-0.15, -0.1) is 5.10 Å². The molecule has 1 fully saturated rings. The van der Waals surface area contributed by atoms with Gasteiger partial charge in [-0.1, -0.05) is 5.21 Å². The zero-order valence-corrected chi connectivity index (χ0v) is 19.3. The smallest absolute Gasteiger partial charge is 0.267 e. The lowest BCUT2D eigenvalue weighted by atomic mass is 10.2. The highest BCUT2D eigenvalue weighted by molar-refractivity contribution is 5.90. The highest BCUT2D eigenvalue weighted by Gasteiger charge is 2.18. The number of anilines is 1. The van der Waals surface area contributed by atoms with Crippen molar-refractivity contribution in [1.82, 2.24) is 29.9 Å². The van der Waals surface area contributed by atoms with E-state index in [-0.39, 0.29) is 11.8 Å². The quantitative estimate of drug-likeness (QED) is 0.551. The first-order chi connectivity index (χ1) is 15.9. The summed E-state index contributed by atoms with van der Waals surface area (Å²) in [6.45, 7) is 11.5. The van der Waals surface area contributed by atoms with Crippen LogP contribution in [0.1, 0.15) is 30.0 Å². The Morgan fingerprint density at radius 3 is 2.67 bits per heavy atom. The Morgan fingerprint density at radius 1 is 1.18 bits per heavy atom. The van der Waals surface area contributed by atoms with Crippen LogP contribution < -0.4 is 10.6 Å². The molecule has 1 amide bonds. The van der Waals surface area contributed by atoms with E-state index in [0.29, 0.717) is 11.4 Å². The first-order valence-corrected chi connectivity index (χ1v) is 11.1. The van der Waals surface area contributed by atoms with E-state index in [0.717, 1.165) is 56.3 Å². The summed E-state index contributed by atoms with van der Waals surface area (Å²) in [5, 5.41) is 8.56. The van der Waals surface area contributed by atoms with Gasteiger partial charge in [-0.05, 0) is 39.0 Å². The predicted molar refractivity (Wildman–Crippen MR) is 125 cm³/mol. The van der Waals surface area contributed by atoms with E-state index < -0.39 is 5.91 Å². The Labute approximate surface area is 193 Å². The number of ether oxygens (including phenoxy) is 1. The maximum atomic E-state index is 11.3. The lowest BCUT2D eigenvalue weighted by molar-refractivity contribution is 0.0579. The number of hydrogen-bond donors (Lipinski definition) is 1. The van der Waals surface area contributed by atoms with Gasteiger partial charge in [-0.25, -0.2) is 9.67 Å². The molecule has 4 rings (SSSR count). The van der Waals surface area contributed by atoms with Gasteiger partial charge in [-0.2, -0.15) is 0 Å². The molecule has 0 unspecified atom stereocenters. The zero-order chi connectivity index (χ0) is 23.4. The molecule has 3 aromatic heterocycles. The fourth-order valence-electron chi connectivity index (χ4n) is 3.83. The van der Waals surface area contributed by atoms with Gasteiger partial charge in [0.15, 0.2) is 0 Å². The number of piperazine rings is 1. The lowest BCUT2D eigenvalue weighted by Crippen LogP contribution is -2.47. The molecular weight excluding hydrogens is 420 g/mol. The highest BCUT2D eigenvalue weighted by atomic mass is 16.5. The second-order valence-electron chi connectivity index (χ2n) is 8.39. The van der Waals surface area contributed by atoms with Crippen LogP contribution in [-0.2, 0) is 4.74 Å². The summed E-state index contributed by atoms with van der Waals surface area (Å²) in [5.41, 5.74) is 9.60. The number of nitrogens with zero attached hydrogens (tertiary/aromatic N) is 7. The number of aryl methyl sites for hydroxylation is 1. The van der Waals surface area contributed by atoms with Crippen LogP contribution in [0.25, 0.3) is 16.9 Å². The van der Waals surface area contributed by atoms with E-state index in [1.54, 1.807) is 29.9 Å². The van der Waals surface area contributed by atoms with Gasteiger partial charge in [0.1, 0.15) is 11.4 Å². The van der Waals surface area contributed by atoms with Gasteiger partial charge in [0.2, 0.25) is 0 Å². The largest absolute Gasteiger partial charge is 0.377 e. The molecule has 1 saturated heterocycles. The number of carbonyl (C=O) groups excluding carboxylic acids is 1. The molecule has 1 aliphatic rings. The van der Waals surface area contributed by atoms with Gasteiger partial charge < -0.3 is 15.4 Å². The maximum absolute atomic E-state index is 11.3. The molecule has 3 aromatic rings. The van der Waals surface area contributed by atoms with Crippen molar-refractivity contribution in [2.45, 2.75) is 26.9 Å². The average Bonchev–Trinajstić information content (AvgIpc) is 3.29. The number of hydrogen-bond acceptors (Lipinski definition) is 8. The fraction of sp³-hybridized carbons (Fsp3) is 0.435. The van der Waals surface area contributed by atoms with Crippen molar-refractivity contribution in [2.24, 2.45) is 5.73 Å². The van der Waals surface area contributed by atoms with Crippen molar-refractivity contribution >= 4 is 11.6 Å². The van der Waals surface area contributed by atoms with Crippen molar-refractivity contribution in [3.8, 4) is 16.9 Å². The van der Waals surface area contributed by atoms with Gasteiger partial charge >= 0.3 is 0 Å². The Bertz CT molecular complexity index is 1110. The van der Waals surface area contributed by atoms with Gasteiger partial charge in [0.05, 0.1) is 42.2 Å². The molecule has 0 saturated carbocycles. The van der Waals surface area contributed by atoms with E-state index in [4.69, 9.17) is 10.5 Å². The summed E-state index contributed by atoms with van der Waals surface area (Å²) in [6, 6.07) is 5.45. The third kappa shape index (κ3) is 5.52. The maximum Gasteiger partial charge on any atom is 0.267 e. The summed E-state index contributed by atoms with van der Waals surface area (Å²) in [5.74, 6) is -0.559. The number of pyridine rings is 2. The molecule has 10 heteroatoms. The van der Waals surface area contributed by atoms with Crippen LogP contribution in [0.5, 0.6) is 0 Å². The minimum atomic E-state index is -0.559. The third-order valence-electron chi connectivity index (χ3n) is 5.67. The van der Waals surface area contributed by atoms with Crippen LogP contribution in [0.3, 0.4) is 0 Å². The molecule has 10 nitrogen and oxygen atoms in total. The molecular formula is C23H30N8O2. The number of aromatic nitrogens is 5. The first-order valence-electron chi connectivity index (χ1n) is 11.1. The Kier molecular flexibility index (Phi) is 6.95. The molecule has 2 N–H and O–H groups in total. The van der Waals surface area contributed by atoms with E-state index >= 15 is 0 Å². The number of carbonyl (C=O) groups is 1. The molecule has 0 atom stereocenters. The van der Waals surface area contributed by atoms with Crippen molar-refractivity contribution in [2.75, 3.05) is 44.2 Å². The predicted octanol–water partition coefficient (Wildman–Crippen LogP) is 1.68. The Hall–Kier alpha value is -3.37. The fourth-order valence-corrected chi connectivity index (χ4v) is 3.83. The first kappa shape index (κ1) is 22.8. The van der Waals surface area contributed by atoms with Crippen molar-refractivity contribution in [1.29, 1.82) is 0 Å². The summed E-state index contributed by atoms with van der Waals surface area (Å²) in [4.78, 5) is 24.8. The van der Waals surface area contributed by atoms with Crippen LogP contribution in [-0.4, -0.2) is 81.2 Å². The minimum Gasteiger partial charge on any atom is -0.377 e. The summed E-state index contributed by atoms with van der Waals surface area (Å²) >= 11 is 0. The third-order valence-corrected chi connectivity index (χ3v) is 5.67. The van der Waals surface area contributed by atoms with Gasteiger partial charge in [0.25, 0.3) is 5.91 Å². The molecule has 33 heavy (non-hydrogen) atoms. The van der Waals surface area contributed by atoms with E-state index in [2.05, 4.69) is 50.0 Å². The Morgan fingerprint density at radius 2 is 1.97 bits per heavy atom. The molecule has 1 aliphatic heterocycles. The molecule has 0 bridgehead atoms. The molecule has 0 spiro atoms. The summed E-state index contributed by atoms with van der Waals surface area (Å²) < 4.78 is 7.32. The van der Waals surface area contributed by atoms with E-state index in [1.807, 2.05) is 12.4 Å². The van der Waals surface area contributed by atoms with Crippen molar-refractivity contribution < 1.29 is 9.53 Å². The molecule has 0 aromatic carbocycles. The van der Waals surface area contributed by atoms with Crippen LogP contribution in [0, 0.1) is 6.92 Å². The standard InChI is InChI=1S/C23H30N8O2/c1-16(2)33-11-10-29-6-8-30(9-7-29)19-12-18(13-25-14-19)21-15-31(28-27-21)22-5-4-20(23(24)32)26-17(22)3/h4-5,12-16H,6-11H2,1-3H3,(H2,24,32). The van der Waals surface area contributed by atoms with Crippen LogP contribution in [0.15, 0.2) is 36.8 Å². The SMILES string of the molecule is Cc1nc(C(N)=O)ccc1-n1cc(-c2cncc(N3CCN(CCOC(C)C)CC3)c2)nn1. The monoisotopic (exact) mass is 450 g/mol. The van der Waals surface area contributed by atoms with Crippen LogP contribution >= 0.6 is 0 Å². The number of nitrogens with two attached hydrogens (primary N) is 1. The number of primary amides is 1. The van der Waals surface area contributed by atoms with E-state index in [1.165, 1.54) is 0 Å². The van der Waals surface area contributed by atoms with Gasteiger partial charge in [0, 0.05) is 44.5 Å². The van der Waals surface area contributed by atoms with Crippen LogP contribution in [0.4, 0.5) is 5.69 Å².